The van der Waals surface area contributed by atoms with Crippen molar-refractivity contribution in [3.63, 3.8) is 0 Å². The molecule has 2 aliphatic rings. The molecule has 2 aliphatic heterocycles. The number of halogens is 1. The van der Waals surface area contributed by atoms with Crippen molar-refractivity contribution in [2.45, 2.75) is 44.2 Å². The van der Waals surface area contributed by atoms with Crippen LogP contribution >= 0.6 is 12.4 Å². The Labute approximate surface area is 180 Å². The van der Waals surface area contributed by atoms with Gasteiger partial charge in [0.2, 0.25) is 0 Å². The predicted molar refractivity (Wildman–Crippen MR) is 120 cm³/mol. The Hall–Kier alpha value is -1.88. The molecule has 2 aromatic carbocycles. The van der Waals surface area contributed by atoms with E-state index in [1.165, 1.54) is 5.56 Å². The molecular formula is C24H31ClN2O2. The highest BCUT2D eigenvalue weighted by Crippen LogP contribution is 2.27. The minimum atomic E-state index is -0.267. The van der Waals surface area contributed by atoms with Crippen molar-refractivity contribution >= 4 is 24.0 Å². The van der Waals surface area contributed by atoms with Crippen LogP contribution in [0.1, 0.15) is 31.2 Å². The van der Waals surface area contributed by atoms with Crippen molar-refractivity contribution in [1.82, 2.24) is 4.90 Å². The topological polar surface area (TPSA) is 32.8 Å². The highest BCUT2D eigenvalue weighted by Gasteiger charge is 2.34. The lowest BCUT2D eigenvalue weighted by Gasteiger charge is -2.39. The van der Waals surface area contributed by atoms with Gasteiger partial charge in [-0.3, -0.25) is 4.79 Å². The van der Waals surface area contributed by atoms with E-state index in [4.69, 9.17) is 4.74 Å². The van der Waals surface area contributed by atoms with E-state index in [0.717, 1.165) is 57.4 Å². The maximum Gasteiger partial charge on any atom is 0.256 e. The van der Waals surface area contributed by atoms with E-state index in [0.29, 0.717) is 6.61 Å². The number of carbonyl (C=O) groups excluding carboxylic acids is 1. The van der Waals surface area contributed by atoms with Crippen molar-refractivity contribution in [2.75, 3.05) is 31.1 Å². The van der Waals surface area contributed by atoms with E-state index in [1.54, 1.807) is 0 Å². The predicted octanol–water partition coefficient (Wildman–Crippen LogP) is 4.33. The van der Waals surface area contributed by atoms with Gasteiger partial charge in [-0.1, -0.05) is 48.5 Å². The molecule has 0 saturated carbocycles. The van der Waals surface area contributed by atoms with Crippen molar-refractivity contribution in [1.29, 1.82) is 0 Å². The molecule has 2 fully saturated rings. The average Bonchev–Trinajstić information content (AvgIpc) is 3.30. The van der Waals surface area contributed by atoms with Crippen LogP contribution in [0.4, 0.5) is 5.69 Å². The van der Waals surface area contributed by atoms with Crippen molar-refractivity contribution in [3.05, 3.63) is 66.2 Å². The summed E-state index contributed by atoms with van der Waals surface area (Å²) in [5, 5.41) is 0. The van der Waals surface area contributed by atoms with Crippen LogP contribution in [-0.4, -0.2) is 49.2 Å². The lowest BCUT2D eigenvalue weighted by atomic mass is 10.00. The summed E-state index contributed by atoms with van der Waals surface area (Å²) in [6.07, 6.45) is 4.68. The smallest absolute Gasteiger partial charge is 0.256 e. The second kappa shape index (κ2) is 10.8. The number of carbonyl (C=O) groups is 1. The van der Waals surface area contributed by atoms with Gasteiger partial charge in [0.05, 0.1) is 0 Å². The number of hydrogen-bond acceptors (Lipinski definition) is 3. The third-order valence-electron chi connectivity index (χ3n) is 5.96. The lowest BCUT2D eigenvalue weighted by Crippen LogP contribution is -2.50. The molecule has 2 saturated heterocycles. The maximum absolute atomic E-state index is 13.2. The molecule has 0 N–H and O–H groups in total. The summed E-state index contributed by atoms with van der Waals surface area (Å²) in [6.45, 7) is 3.87. The van der Waals surface area contributed by atoms with Gasteiger partial charge in [0.25, 0.3) is 5.91 Å². The molecule has 29 heavy (non-hydrogen) atoms. The van der Waals surface area contributed by atoms with E-state index in [-0.39, 0.29) is 30.5 Å². The Balaban J connectivity index is 0.00000240. The number of hydrogen-bond donors (Lipinski definition) is 0. The van der Waals surface area contributed by atoms with E-state index >= 15 is 0 Å². The van der Waals surface area contributed by atoms with Crippen molar-refractivity contribution < 1.29 is 9.53 Å². The molecule has 1 atom stereocenters. The third kappa shape index (κ3) is 5.59. The summed E-state index contributed by atoms with van der Waals surface area (Å²) >= 11 is 0. The molecule has 1 unspecified atom stereocenters. The summed E-state index contributed by atoms with van der Waals surface area (Å²) in [5.74, 6) is 0.145. The molecule has 5 heteroatoms. The second-order valence-electron chi connectivity index (χ2n) is 7.85. The summed E-state index contributed by atoms with van der Waals surface area (Å²) in [5.41, 5.74) is 2.40. The molecule has 0 spiro atoms. The average molecular weight is 415 g/mol. The maximum atomic E-state index is 13.2. The number of benzene rings is 2. The molecular weight excluding hydrogens is 384 g/mol. The monoisotopic (exact) mass is 414 g/mol. The van der Waals surface area contributed by atoms with Crippen LogP contribution in [0.2, 0.25) is 0 Å². The first-order chi connectivity index (χ1) is 13.8. The summed E-state index contributed by atoms with van der Waals surface area (Å²) in [4.78, 5) is 17.8. The third-order valence-corrected chi connectivity index (χ3v) is 5.96. The number of rotatable bonds is 6. The molecule has 4 rings (SSSR count). The van der Waals surface area contributed by atoms with E-state index in [2.05, 4.69) is 47.4 Å². The number of piperidine rings is 1. The zero-order valence-electron chi connectivity index (χ0n) is 16.9. The first-order valence-corrected chi connectivity index (χ1v) is 10.6. The lowest BCUT2D eigenvalue weighted by molar-refractivity contribution is -0.128. The largest absolute Gasteiger partial charge is 0.368 e. The fourth-order valence-corrected chi connectivity index (χ4v) is 4.37. The van der Waals surface area contributed by atoms with Gasteiger partial charge >= 0.3 is 0 Å². The standard InChI is InChI=1S/C24H30N2O2.ClH/c27-24(23-12-7-19-28-23)26(21-10-5-2-6-11-21)22-14-17-25(18-15-22)16-13-20-8-3-1-4-9-20;/h1-6,8-11,22-23H,7,12-19H2;1H. The highest BCUT2D eigenvalue weighted by molar-refractivity contribution is 5.97. The Morgan fingerprint density at radius 1 is 0.966 bits per heavy atom. The van der Waals surface area contributed by atoms with Gasteiger partial charge in [-0.05, 0) is 49.8 Å². The number of ether oxygens (including phenoxy) is 1. The van der Waals surface area contributed by atoms with Crippen LogP contribution in [0.25, 0.3) is 0 Å². The van der Waals surface area contributed by atoms with Gasteiger partial charge in [0.15, 0.2) is 0 Å². The Morgan fingerprint density at radius 3 is 2.24 bits per heavy atom. The van der Waals surface area contributed by atoms with E-state index < -0.39 is 0 Å². The molecule has 2 aromatic rings. The van der Waals surface area contributed by atoms with Crippen LogP contribution in [0, 0.1) is 0 Å². The number of amides is 1. The van der Waals surface area contributed by atoms with Crippen LogP contribution in [-0.2, 0) is 16.0 Å². The zero-order valence-corrected chi connectivity index (χ0v) is 17.7. The Bertz CT molecular complexity index is 742. The molecule has 4 nitrogen and oxygen atoms in total. The van der Waals surface area contributed by atoms with Crippen molar-refractivity contribution in [3.8, 4) is 0 Å². The van der Waals surface area contributed by atoms with E-state index in [9.17, 15) is 4.79 Å². The Morgan fingerprint density at radius 2 is 1.62 bits per heavy atom. The molecule has 156 valence electrons. The zero-order chi connectivity index (χ0) is 19.2. The van der Waals surface area contributed by atoms with E-state index in [1.807, 2.05) is 23.1 Å². The number of nitrogens with zero attached hydrogens (tertiary/aromatic N) is 2. The van der Waals surface area contributed by atoms with Crippen LogP contribution < -0.4 is 4.90 Å². The van der Waals surface area contributed by atoms with Crippen LogP contribution in [0.15, 0.2) is 60.7 Å². The van der Waals surface area contributed by atoms with Gasteiger partial charge in [-0.15, -0.1) is 12.4 Å². The first-order valence-electron chi connectivity index (χ1n) is 10.6. The minimum absolute atomic E-state index is 0. The van der Waals surface area contributed by atoms with Gasteiger partial charge < -0.3 is 14.5 Å². The second-order valence-corrected chi connectivity index (χ2v) is 7.85. The van der Waals surface area contributed by atoms with Gasteiger partial charge in [0, 0.05) is 38.0 Å². The first kappa shape index (κ1) is 21.8. The molecule has 1 amide bonds. The van der Waals surface area contributed by atoms with Gasteiger partial charge in [-0.2, -0.15) is 0 Å². The van der Waals surface area contributed by atoms with Gasteiger partial charge in [-0.25, -0.2) is 0 Å². The van der Waals surface area contributed by atoms with Gasteiger partial charge in [0.1, 0.15) is 6.10 Å². The SMILES string of the molecule is Cl.O=C(C1CCCO1)N(c1ccccc1)C1CCN(CCc2ccccc2)CC1. The molecule has 0 bridgehead atoms. The van der Waals surface area contributed by atoms with Crippen LogP contribution in [0.5, 0.6) is 0 Å². The summed E-state index contributed by atoms with van der Waals surface area (Å²) < 4.78 is 5.72. The molecule has 0 aromatic heterocycles. The van der Waals surface area contributed by atoms with Crippen LogP contribution in [0.3, 0.4) is 0 Å². The molecule has 0 aliphatic carbocycles. The normalized spacial score (nSPS) is 20.2. The van der Waals surface area contributed by atoms with Crippen molar-refractivity contribution in [2.24, 2.45) is 0 Å². The quantitative estimate of drug-likeness (QED) is 0.705. The summed E-state index contributed by atoms with van der Waals surface area (Å²) in [6, 6.07) is 21.1. The number of anilines is 1. The fraction of sp³-hybridized carbons (Fsp3) is 0.458. The highest BCUT2D eigenvalue weighted by atomic mass is 35.5. The fourth-order valence-electron chi connectivity index (χ4n) is 4.37. The number of likely N-dealkylation sites (tertiary alicyclic amines) is 1. The number of para-hydroxylation sites is 1. The summed E-state index contributed by atoms with van der Waals surface area (Å²) in [7, 11) is 0. The Kier molecular flexibility index (Phi) is 8.10. The minimum Gasteiger partial charge on any atom is -0.368 e. The molecule has 0 radical (unpaired) electrons. The molecule has 2 heterocycles.